The fourth-order valence-electron chi connectivity index (χ4n) is 1.80. The second-order valence-electron chi connectivity index (χ2n) is 4.63. The minimum Gasteiger partial charge on any atom is -0.367 e. The van der Waals surface area contributed by atoms with E-state index in [0.29, 0.717) is 23.9 Å². The summed E-state index contributed by atoms with van der Waals surface area (Å²) < 4.78 is 0. The molecule has 1 aromatic heterocycles. The molecule has 0 aliphatic heterocycles. The Balaban J connectivity index is 1.95. The molecule has 21 heavy (non-hydrogen) atoms. The predicted molar refractivity (Wildman–Crippen MR) is 81.8 cm³/mol. The van der Waals surface area contributed by atoms with E-state index < -0.39 is 4.92 Å². The molecule has 0 saturated heterocycles. The maximum absolute atomic E-state index is 10.6. The monoisotopic (exact) mass is 306 g/mol. The van der Waals surface area contributed by atoms with E-state index in [2.05, 4.69) is 15.3 Å². The summed E-state index contributed by atoms with van der Waals surface area (Å²) in [5.74, 6) is 0.557. The van der Waals surface area contributed by atoms with Crippen LogP contribution < -0.4 is 5.32 Å². The Kier molecular flexibility index (Phi) is 4.70. The predicted octanol–water partition coefficient (Wildman–Crippen LogP) is 3.31. The molecule has 0 amide bonds. The molecule has 0 saturated carbocycles. The van der Waals surface area contributed by atoms with Gasteiger partial charge in [-0.1, -0.05) is 23.7 Å². The zero-order chi connectivity index (χ0) is 15.4. The van der Waals surface area contributed by atoms with Crippen LogP contribution in [0.2, 0.25) is 5.15 Å². The summed E-state index contributed by atoms with van der Waals surface area (Å²) in [6, 6.07) is 6.48. The van der Waals surface area contributed by atoms with Crippen LogP contribution in [0.3, 0.4) is 0 Å². The first-order valence-corrected chi connectivity index (χ1v) is 6.83. The molecule has 0 atom stereocenters. The molecule has 1 aromatic carbocycles. The summed E-state index contributed by atoms with van der Waals surface area (Å²) in [5.41, 5.74) is 2.73. The van der Waals surface area contributed by atoms with Crippen molar-refractivity contribution in [2.75, 3.05) is 11.9 Å². The molecule has 2 rings (SSSR count). The van der Waals surface area contributed by atoms with E-state index in [0.717, 1.165) is 17.0 Å². The minimum atomic E-state index is -0.410. The SMILES string of the molecule is Cc1nc(Cl)c(NCCc2ccc([N+](=O)[O-])cc2)nc1C. The van der Waals surface area contributed by atoms with Gasteiger partial charge in [-0.3, -0.25) is 10.1 Å². The smallest absolute Gasteiger partial charge is 0.269 e. The Bertz CT molecular complexity index is 659. The van der Waals surface area contributed by atoms with Crippen LogP contribution in [0.25, 0.3) is 0 Å². The van der Waals surface area contributed by atoms with Crippen LogP contribution in [0.5, 0.6) is 0 Å². The van der Waals surface area contributed by atoms with E-state index >= 15 is 0 Å². The Hall–Kier alpha value is -2.21. The molecule has 0 fully saturated rings. The lowest BCUT2D eigenvalue weighted by Gasteiger charge is -2.09. The fraction of sp³-hybridized carbons (Fsp3) is 0.286. The van der Waals surface area contributed by atoms with Crippen molar-refractivity contribution in [1.82, 2.24) is 9.97 Å². The van der Waals surface area contributed by atoms with Gasteiger partial charge in [0.05, 0.1) is 16.3 Å². The number of aryl methyl sites for hydroxylation is 2. The molecule has 1 heterocycles. The standard InChI is InChI=1S/C14H15ClN4O2/c1-9-10(2)18-14(13(15)17-9)16-8-7-11-3-5-12(6-4-11)19(20)21/h3-6H,7-8H2,1-2H3,(H,16,18). The lowest BCUT2D eigenvalue weighted by atomic mass is 10.1. The number of hydrogen-bond donors (Lipinski definition) is 1. The number of hydrogen-bond acceptors (Lipinski definition) is 5. The Morgan fingerprint density at radius 1 is 1.19 bits per heavy atom. The van der Waals surface area contributed by atoms with Crippen LogP contribution in [0, 0.1) is 24.0 Å². The molecule has 6 nitrogen and oxygen atoms in total. The number of anilines is 1. The van der Waals surface area contributed by atoms with Gasteiger partial charge in [-0.15, -0.1) is 0 Å². The van der Waals surface area contributed by atoms with Crippen LogP contribution in [0.1, 0.15) is 17.0 Å². The van der Waals surface area contributed by atoms with Crippen molar-refractivity contribution in [2.24, 2.45) is 0 Å². The Morgan fingerprint density at radius 3 is 2.43 bits per heavy atom. The third-order valence-corrected chi connectivity index (χ3v) is 3.38. The second-order valence-corrected chi connectivity index (χ2v) is 4.99. The lowest BCUT2D eigenvalue weighted by Crippen LogP contribution is -2.09. The van der Waals surface area contributed by atoms with E-state index in [-0.39, 0.29) is 5.69 Å². The number of nitrogens with zero attached hydrogens (tertiary/aromatic N) is 3. The number of nitrogens with one attached hydrogen (secondary N) is 1. The molecule has 7 heteroatoms. The van der Waals surface area contributed by atoms with Crippen molar-refractivity contribution < 1.29 is 4.92 Å². The average molecular weight is 307 g/mol. The summed E-state index contributed by atoms with van der Waals surface area (Å²) in [5, 5.41) is 14.0. The first kappa shape index (κ1) is 15.2. The summed E-state index contributed by atoms with van der Waals surface area (Å²) in [4.78, 5) is 18.7. The van der Waals surface area contributed by atoms with E-state index in [4.69, 9.17) is 11.6 Å². The molecule has 0 bridgehead atoms. The van der Waals surface area contributed by atoms with Crippen LogP contribution in [-0.4, -0.2) is 21.4 Å². The van der Waals surface area contributed by atoms with Crippen LogP contribution in [0.4, 0.5) is 11.5 Å². The van der Waals surface area contributed by atoms with Crippen molar-refractivity contribution in [3.8, 4) is 0 Å². The minimum absolute atomic E-state index is 0.0924. The van der Waals surface area contributed by atoms with Crippen molar-refractivity contribution in [3.05, 3.63) is 56.5 Å². The van der Waals surface area contributed by atoms with E-state index in [1.54, 1.807) is 12.1 Å². The summed E-state index contributed by atoms with van der Waals surface area (Å²) in [6.45, 7) is 4.35. The number of aromatic nitrogens is 2. The molecular formula is C14H15ClN4O2. The number of benzene rings is 1. The quantitative estimate of drug-likeness (QED) is 0.677. The molecule has 0 spiro atoms. The summed E-state index contributed by atoms with van der Waals surface area (Å²) >= 11 is 6.03. The maximum Gasteiger partial charge on any atom is 0.269 e. The molecule has 110 valence electrons. The fourth-order valence-corrected chi connectivity index (χ4v) is 2.03. The first-order chi connectivity index (χ1) is 9.97. The third-order valence-electron chi connectivity index (χ3n) is 3.12. The maximum atomic E-state index is 10.6. The molecular weight excluding hydrogens is 292 g/mol. The largest absolute Gasteiger partial charge is 0.367 e. The molecule has 0 radical (unpaired) electrons. The highest BCUT2D eigenvalue weighted by molar-refractivity contribution is 6.31. The van der Waals surface area contributed by atoms with Gasteiger partial charge in [-0.2, -0.15) is 0 Å². The number of nitro benzene ring substituents is 1. The van der Waals surface area contributed by atoms with Gasteiger partial charge < -0.3 is 5.32 Å². The first-order valence-electron chi connectivity index (χ1n) is 6.45. The second kappa shape index (κ2) is 6.49. The van der Waals surface area contributed by atoms with Gasteiger partial charge in [-0.05, 0) is 25.8 Å². The molecule has 0 unspecified atom stereocenters. The average Bonchev–Trinajstić information content (AvgIpc) is 2.45. The number of non-ortho nitro benzene ring substituents is 1. The van der Waals surface area contributed by atoms with Gasteiger partial charge in [-0.25, -0.2) is 9.97 Å². The molecule has 2 aromatic rings. The molecule has 0 aliphatic rings. The van der Waals surface area contributed by atoms with E-state index in [9.17, 15) is 10.1 Å². The van der Waals surface area contributed by atoms with E-state index in [1.807, 2.05) is 13.8 Å². The zero-order valence-electron chi connectivity index (χ0n) is 11.8. The zero-order valence-corrected chi connectivity index (χ0v) is 12.5. The lowest BCUT2D eigenvalue weighted by molar-refractivity contribution is -0.384. The van der Waals surface area contributed by atoms with Crippen molar-refractivity contribution in [1.29, 1.82) is 0 Å². The van der Waals surface area contributed by atoms with Gasteiger partial charge in [0.2, 0.25) is 0 Å². The Labute approximate surface area is 127 Å². The topological polar surface area (TPSA) is 81.0 Å². The van der Waals surface area contributed by atoms with Crippen molar-refractivity contribution in [2.45, 2.75) is 20.3 Å². The third kappa shape index (κ3) is 3.88. The Morgan fingerprint density at radius 2 is 1.81 bits per heavy atom. The number of halogens is 1. The number of nitro groups is 1. The van der Waals surface area contributed by atoms with Gasteiger partial charge in [0.1, 0.15) is 0 Å². The highest BCUT2D eigenvalue weighted by atomic mass is 35.5. The van der Waals surface area contributed by atoms with Gasteiger partial charge >= 0.3 is 0 Å². The van der Waals surface area contributed by atoms with E-state index in [1.165, 1.54) is 12.1 Å². The molecule has 1 N–H and O–H groups in total. The highest BCUT2D eigenvalue weighted by Gasteiger charge is 2.07. The van der Waals surface area contributed by atoms with Gasteiger partial charge in [0, 0.05) is 18.7 Å². The summed E-state index contributed by atoms with van der Waals surface area (Å²) in [7, 11) is 0. The van der Waals surface area contributed by atoms with Crippen molar-refractivity contribution >= 4 is 23.1 Å². The van der Waals surface area contributed by atoms with Gasteiger partial charge in [0.25, 0.3) is 5.69 Å². The molecule has 0 aliphatic carbocycles. The van der Waals surface area contributed by atoms with Gasteiger partial charge in [0.15, 0.2) is 11.0 Å². The normalized spacial score (nSPS) is 10.4. The van der Waals surface area contributed by atoms with Crippen molar-refractivity contribution in [3.63, 3.8) is 0 Å². The number of rotatable bonds is 5. The van der Waals surface area contributed by atoms with Crippen LogP contribution >= 0.6 is 11.6 Å². The van der Waals surface area contributed by atoms with Crippen LogP contribution in [-0.2, 0) is 6.42 Å². The highest BCUT2D eigenvalue weighted by Crippen LogP contribution is 2.18. The summed E-state index contributed by atoms with van der Waals surface area (Å²) in [6.07, 6.45) is 0.711. The van der Waals surface area contributed by atoms with Crippen LogP contribution in [0.15, 0.2) is 24.3 Å².